The van der Waals surface area contributed by atoms with Crippen molar-refractivity contribution in [3.63, 3.8) is 0 Å². The van der Waals surface area contributed by atoms with Gasteiger partial charge in [-0.3, -0.25) is 14.6 Å². The third kappa shape index (κ3) is 6.62. The van der Waals surface area contributed by atoms with E-state index in [4.69, 9.17) is 4.42 Å². The summed E-state index contributed by atoms with van der Waals surface area (Å²) in [4.78, 5) is 38.9. The number of aromatic nitrogens is 2. The Labute approximate surface area is 253 Å². The Morgan fingerprint density at radius 3 is 2.47 bits per heavy atom. The van der Waals surface area contributed by atoms with Gasteiger partial charge in [-0.2, -0.15) is 0 Å². The molecule has 7 nitrogen and oxygen atoms in total. The number of ketones is 1. The molecular formula is C36H39N3O4. The summed E-state index contributed by atoms with van der Waals surface area (Å²) in [6.07, 6.45) is 9.45. The Balaban J connectivity index is 1.32. The van der Waals surface area contributed by atoms with E-state index in [9.17, 15) is 14.7 Å². The second-order valence-corrected chi connectivity index (χ2v) is 12.1. The number of hydrogen-bond donors (Lipinski definition) is 1. The molecule has 7 heteroatoms. The average Bonchev–Trinajstić information content (AvgIpc) is 3.83. The van der Waals surface area contributed by atoms with Crippen LogP contribution in [0, 0.1) is 18.8 Å². The molecule has 1 amide bonds. The fraction of sp³-hybridized carbons (Fsp3) is 0.389. The number of benzene rings is 2. The summed E-state index contributed by atoms with van der Waals surface area (Å²) in [7, 11) is 0. The average molecular weight is 578 g/mol. The largest absolute Gasteiger partial charge is 0.446 e. The fourth-order valence-corrected chi connectivity index (χ4v) is 6.82. The van der Waals surface area contributed by atoms with Crippen LogP contribution in [0.25, 0.3) is 11.3 Å². The number of hydrogen-bond acceptors (Lipinski definition) is 6. The molecule has 4 aromatic rings. The molecule has 6 rings (SSSR count). The smallest absolute Gasteiger partial charge is 0.254 e. The molecule has 43 heavy (non-hydrogen) atoms. The standard InChI is InChI=1S/C36H39N3O4/c1-24-23-43-35(38-24)32-15-9-17-39(32)36(42)30-20-27(31-14-7-8-16-37-31)19-28(21-30)33(40)22-29(18-25-10-3-2-4-11-25)34(41)26-12-5-6-13-26/h2-4,7-8,10-11,14,16,19-21,23,26,29,32,34,41H,5-6,9,12-13,15,17-18,22H2,1H3/t29-,32-,34-/m1/s1. The molecule has 1 saturated heterocycles. The van der Waals surface area contributed by atoms with Gasteiger partial charge in [0.1, 0.15) is 12.3 Å². The highest BCUT2D eigenvalue weighted by molar-refractivity contribution is 6.02. The fourth-order valence-electron chi connectivity index (χ4n) is 6.82. The first-order chi connectivity index (χ1) is 21.0. The molecule has 2 aromatic heterocycles. The highest BCUT2D eigenvalue weighted by Crippen LogP contribution is 2.36. The highest BCUT2D eigenvalue weighted by Gasteiger charge is 2.35. The van der Waals surface area contributed by atoms with Gasteiger partial charge in [0.15, 0.2) is 5.78 Å². The predicted molar refractivity (Wildman–Crippen MR) is 164 cm³/mol. The van der Waals surface area contributed by atoms with Gasteiger partial charge in [0, 0.05) is 35.9 Å². The Hall–Kier alpha value is -4.10. The number of amides is 1. The summed E-state index contributed by atoms with van der Waals surface area (Å²) in [5.41, 5.74) is 4.21. The lowest BCUT2D eigenvalue weighted by atomic mass is 9.81. The van der Waals surface area contributed by atoms with Crippen LogP contribution in [-0.4, -0.2) is 44.3 Å². The second-order valence-electron chi connectivity index (χ2n) is 12.1. The molecule has 3 heterocycles. The summed E-state index contributed by atoms with van der Waals surface area (Å²) in [6, 6.07) is 20.8. The number of carbonyl (C=O) groups is 2. The Morgan fingerprint density at radius 1 is 0.977 bits per heavy atom. The van der Waals surface area contributed by atoms with Crippen LogP contribution in [0.2, 0.25) is 0 Å². The molecule has 2 aliphatic rings. The zero-order valence-electron chi connectivity index (χ0n) is 24.7. The normalized spacial score (nSPS) is 18.6. The summed E-state index contributed by atoms with van der Waals surface area (Å²) in [5.74, 6) is 0.310. The molecule has 0 spiro atoms. The zero-order chi connectivity index (χ0) is 29.8. The number of nitrogens with zero attached hydrogens (tertiary/aromatic N) is 3. The summed E-state index contributed by atoms with van der Waals surface area (Å²) in [6.45, 7) is 2.46. The quantitative estimate of drug-likeness (QED) is 0.204. The van der Waals surface area contributed by atoms with Crippen LogP contribution in [0.3, 0.4) is 0 Å². The van der Waals surface area contributed by atoms with E-state index in [0.29, 0.717) is 41.2 Å². The van der Waals surface area contributed by atoms with Crippen LogP contribution < -0.4 is 0 Å². The minimum absolute atomic E-state index is 0.0777. The Morgan fingerprint density at radius 2 is 1.74 bits per heavy atom. The maximum absolute atomic E-state index is 14.1. The molecule has 2 fully saturated rings. The van der Waals surface area contributed by atoms with Crippen LogP contribution in [0.1, 0.15) is 88.9 Å². The maximum atomic E-state index is 14.1. The van der Waals surface area contributed by atoms with Crippen LogP contribution in [-0.2, 0) is 6.42 Å². The van der Waals surface area contributed by atoms with Crippen molar-refractivity contribution in [3.8, 4) is 11.3 Å². The summed E-state index contributed by atoms with van der Waals surface area (Å²) in [5, 5.41) is 11.5. The van der Waals surface area contributed by atoms with Gasteiger partial charge in [-0.15, -0.1) is 0 Å². The minimum atomic E-state index is -0.554. The molecule has 1 saturated carbocycles. The molecule has 1 aliphatic heterocycles. The number of aliphatic hydroxyl groups excluding tert-OH is 1. The van der Waals surface area contributed by atoms with Crippen LogP contribution in [0.4, 0.5) is 0 Å². The highest BCUT2D eigenvalue weighted by atomic mass is 16.3. The molecule has 0 bridgehead atoms. The monoisotopic (exact) mass is 577 g/mol. The molecule has 1 N–H and O–H groups in total. The minimum Gasteiger partial charge on any atom is -0.446 e. The number of pyridine rings is 1. The first-order valence-electron chi connectivity index (χ1n) is 15.5. The topological polar surface area (TPSA) is 96.5 Å². The van der Waals surface area contributed by atoms with Gasteiger partial charge >= 0.3 is 0 Å². The number of carbonyl (C=O) groups excluding carboxylic acids is 2. The second kappa shape index (κ2) is 13.0. The zero-order valence-corrected chi connectivity index (χ0v) is 24.7. The van der Waals surface area contributed by atoms with Crippen molar-refractivity contribution in [1.29, 1.82) is 0 Å². The Bertz CT molecular complexity index is 1550. The van der Waals surface area contributed by atoms with Crippen LogP contribution in [0.15, 0.2) is 83.6 Å². The molecule has 0 unspecified atom stereocenters. The molecular weight excluding hydrogens is 538 g/mol. The van der Waals surface area contributed by atoms with E-state index in [-0.39, 0.29) is 36.0 Å². The van der Waals surface area contributed by atoms with Crippen molar-refractivity contribution < 1.29 is 19.1 Å². The number of oxazole rings is 1. The van der Waals surface area contributed by atoms with Gasteiger partial charge in [-0.1, -0.05) is 49.2 Å². The lowest BCUT2D eigenvalue weighted by molar-refractivity contribution is 0.0456. The lowest BCUT2D eigenvalue weighted by Gasteiger charge is -2.27. The maximum Gasteiger partial charge on any atom is 0.254 e. The van der Waals surface area contributed by atoms with E-state index in [2.05, 4.69) is 22.1 Å². The molecule has 222 valence electrons. The van der Waals surface area contributed by atoms with Crippen molar-refractivity contribution in [3.05, 3.63) is 107 Å². The van der Waals surface area contributed by atoms with E-state index in [1.807, 2.05) is 55.5 Å². The number of likely N-dealkylation sites (tertiary alicyclic amines) is 1. The van der Waals surface area contributed by atoms with Gasteiger partial charge in [0.25, 0.3) is 5.91 Å². The van der Waals surface area contributed by atoms with E-state index in [1.165, 1.54) is 0 Å². The van der Waals surface area contributed by atoms with Gasteiger partial charge < -0.3 is 14.4 Å². The predicted octanol–water partition coefficient (Wildman–Crippen LogP) is 7.01. The Kier molecular flexibility index (Phi) is 8.79. The van der Waals surface area contributed by atoms with Gasteiger partial charge in [0.2, 0.25) is 5.89 Å². The van der Waals surface area contributed by atoms with Gasteiger partial charge in [-0.05, 0) is 86.8 Å². The van der Waals surface area contributed by atoms with Crippen molar-refractivity contribution in [2.75, 3.05) is 6.54 Å². The SMILES string of the molecule is Cc1coc([C@H]2CCCN2C(=O)c2cc(C(=O)C[C@@H](Cc3ccccc3)[C@H](O)C3CCCC3)cc(-c3ccccn3)c2)n1. The lowest BCUT2D eigenvalue weighted by Crippen LogP contribution is -2.32. The number of aryl methyl sites for hydroxylation is 1. The van der Waals surface area contributed by atoms with Crippen molar-refractivity contribution >= 4 is 11.7 Å². The van der Waals surface area contributed by atoms with E-state index in [0.717, 1.165) is 49.8 Å². The summed E-state index contributed by atoms with van der Waals surface area (Å²) < 4.78 is 5.68. The van der Waals surface area contributed by atoms with E-state index >= 15 is 0 Å². The van der Waals surface area contributed by atoms with Crippen molar-refractivity contribution in [2.45, 2.75) is 70.4 Å². The number of aliphatic hydroxyl groups is 1. The third-order valence-electron chi connectivity index (χ3n) is 9.05. The third-order valence-corrected chi connectivity index (χ3v) is 9.05. The van der Waals surface area contributed by atoms with Crippen molar-refractivity contribution in [1.82, 2.24) is 14.9 Å². The van der Waals surface area contributed by atoms with Crippen molar-refractivity contribution in [2.24, 2.45) is 11.8 Å². The van der Waals surface area contributed by atoms with Gasteiger partial charge in [0.05, 0.1) is 17.5 Å². The molecule has 2 aromatic carbocycles. The molecule has 1 aliphatic carbocycles. The van der Waals surface area contributed by atoms with E-state index < -0.39 is 6.10 Å². The van der Waals surface area contributed by atoms with Gasteiger partial charge in [-0.25, -0.2) is 4.98 Å². The van der Waals surface area contributed by atoms with E-state index in [1.54, 1.807) is 23.4 Å². The first-order valence-corrected chi connectivity index (χ1v) is 15.5. The van der Waals surface area contributed by atoms with Crippen LogP contribution in [0.5, 0.6) is 0 Å². The van der Waals surface area contributed by atoms with Crippen LogP contribution >= 0.6 is 0 Å². The molecule has 3 atom stereocenters. The first kappa shape index (κ1) is 29.0. The summed E-state index contributed by atoms with van der Waals surface area (Å²) >= 11 is 0. The number of Topliss-reactive ketones (excluding diaryl/α,β-unsaturated/α-hetero) is 1. The molecule has 0 radical (unpaired) electrons. The number of rotatable bonds is 10.